The molecule has 0 saturated heterocycles. The van der Waals surface area contributed by atoms with Crippen molar-refractivity contribution >= 4 is 23.0 Å². The smallest absolute Gasteiger partial charge is 0.170 e. The Morgan fingerprint density at radius 1 is 1.10 bits per heavy atom. The highest BCUT2D eigenvalue weighted by Crippen LogP contribution is 2.24. The largest absolute Gasteiger partial charge is 0.362 e. The van der Waals surface area contributed by atoms with E-state index in [-0.39, 0.29) is 5.41 Å². The van der Waals surface area contributed by atoms with E-state index in [1.807, 2.05) is 0 Å². The molecular weight excluding hydrogens is 264 g/mol. The normalized spacial score (nSPS) is 11.3. The molecule has 0 aliphatic carbocycles. The second-order valence-corrected chi connectivity index (χ2v) is 6.94. The zero-order valence-electron chi connectivity index (χ0n) is 13.7. The number of aryl methyl sites for hydroxylation is 3. The van der Waals surface area contributed by atoms with Gasteiger partial charge in [-0.15, -0.1) is 0 Å². The third-order valence-electron chi connectivity index (χ3n) is 3.23. The molecule has 0 atom stereocenters. The fraction of sp³-hybridized carbons (Fsp3) is 0.588. The van der Waals surface area contributed by atoms with E-state index in [0.29, 0.717) is 5.11 Å². The maximum absolute atomic E-state index is 5.43. The lowest BCUT2D eigenvalue weighted by atomic mass is 9.97. The van der Waals surface area contributed by atoms with Crippen molar-refractivity contribution in [3.8, 4) is 0 Å². The minimum atomic E-state index is 0.222. The molecular formula is C17H28N2S. The molecule has 2 nitrogen and oxygen atoms in total. The van der Waals surface area contributed by atoms with E-state index in [9.17, 15) is 0 Å². The Morgan fingerprint density at radius 3 is 2.00 bits per heavy atom. The summed E-state index contributed by atoms with van der Waals surface area (Å²) < 4.78 is 0. The van der Waals surface area contributed by atoms with Gasteiger partial charge < -0.3 is 10.6 Å². The van der Waals surface area contributed by atoms with E-state index in [1.165, 1.54) is 22.4 Å². The van der Waals surface area contributed by atoms with E-state index in [0.717, 1.165) is 19.4 Å². The van der Waals surface area contributed by atoms with Gasteiger partial charge in [-0.1, -0.05) is 52.3 Å². The zero-order valence-corrected chi connectivity index (χ0v) is 14.5. The van der Waals surface area contributed by atoms with Crippen LogP contribution in [0.25, 0.3) is 0 Å². The first kappa shape index (κ1) is 17.0. The fourth-order valence-corrected chi connectivity index (χ4v) is 2.34. The molecule has 0 saturated carbocycles. The summed E-state index contributed by atoms with van der Waals surface area (Å²) in [6.45, 7) is 14.0. The standard InChI is InChI=1S/C17H28N2S/c1-7-13-9-12(3)10-14(8-2)15(13)19-16(20)18-11-17(4,5)6/h9-10H,7-8,11H2,1-6H3,(H2,18,19,20). The number of anilines is 1. The lowest BCUT2D eigenvalue weighted by Crippen LogP contribution is -2.35. The molecule has 0 aliphatic rings. The summed E-state index contributed by atoms with van der Waals surface area (Å²) in [4.78, 5) is 0. The van der Waals surface area contributed by atoms with Crippen LogP contribution in [-0.2, 0) is 12.8 Å². The number of hydrogen-bond donors (Lipinski definition) is 2. The van der Waals surface area contributed by atoms with Crippen LogP contribution in [-0.4, -0.2) is 11.7 Å². The second-order valence-electron chi connectivity index (χ2n) is 6.53. The van der Waals surface area contributed by atoms with Gasteiger partial charge in [0.15, 0.2) is 5.11 Å². The van der Waals surface area contributed by atoms with Crippen molar-refractivity contribution in [3.05, 3.63) is 28.8 Å². The van der Waals surface area contributed by atoms with Crippen LogP contribution in [0.3, 0.4) is 0 Å². The number of nitrogens with one attached hydrogen (secondary N) is 2. The molecule has 0 spiro atoms. The van der Waals surface area contributed by atoms with Gasteiger partial charge in [-0.2, -0.15) is 0 Å². The molecule has 1 aromatic rings. The Labute approximate surface area is 129 Å². The summed E-state index contributed by atoms with van der Waals surface area (Å²) in [7, 11) is 0. The minimum Gasteiger partial charge on any atom is -0.362 e. The monoisotopic (exact) mass is 292 g/mol. The Balaban J connectivity index is 2.88. The molecule has 2 N–H and O–H groups in total. The first-order chi connectivity index (χ1) is 9.26. The molecule has 1 rings (SSSR count). The van der Waals surface area contributed by atoms with Gasteiger partial charge in [-0.05, 0) is 48.5 Å². The molecule has 112 valence electrons. The van der Waals surface area contributed by atoms with Crippen LogP contribution < -0.4 is 10.6 Å². The number of hydrogen-bond acceptors (Lipinski definition) is 1. The van der Waals surface area contributed by atoms with Crippen molar-refractivity contribution in [3.63, 3.8) is 0 Å². The van der Waals surface area contributed by atoms with E-state index in [1.54, 1.807) is 0 Å². The summed E-state index contributed by atoms with van der Waals surface area (Å²) in [5.41, 5.74) is 5.40. The average molecular weight is 292 g/mol. The van der Waals surface area contributed by atoms with Gasteiger partial charge in [0.1, 0.15) is 0 Å². The number of benzene rings is 1. The van der Waals surface area contributed by atoms with Crippen LogP contribution in [0.5, 0.6) is 0 Å². The Bertz CT molecular complexity index is 447. The van der Waals surface area contributed by atoms with Gasteiger partial charge in [0.05, 0.1) is 0 Å². The predicted octanol–water partition coefficient (Wildman–Crippen LogP) is 4.45. The third-order valence-corrected chi connectivity index (χ3v) is 3.47. The van der Waals surface area contributed by atoms with Crippen molar-refractivity contribution in [2.75, 3.05) is 11.9 Å². The number of thiocarbonyl (C=S) groups is 1. The summed E-state index contributed by atoms with van der Waals surface area (Å²) in [5, 5.41) is 7.43. The van der Waals surface area contributed by atoms with Crippen molar-refractivity contribution in [1.82, 2.24) is 5.32 Å². The van der Waals surface area contributed by atoms with Crippen LogP contribution in [0.1, 0.15) is 51.3 Å². The second kappa shape index (κ2) is 7.07. The summed E-state index contributed by atoms with van der Waals surface area (Å²) in [6, 6.07) is 4.49. The Hall–Kier alpha value is -1.09. The van der Waals surface area contributed by atoms with Gasteiger partial charge in [0, 0.05) is 12.2 Å². The molecule has 0 heterocycles. The molecule has 0 fully saturated rings. The summed E-state index contributed by atoms with van der Waals surface area (Å²) in [5.74, 6) is 0. The topological polar surface area (TPSA) is 24.1 Å². The minimum absolute atomic E-state index is 0.222. The van der Waals surface area contributed by atoms with Crippen molar-refractivity contribution < 1.29 is 0 Å². The van der Waals surface area contributed by atoms with Gasteiger partial charge in [0.2, 0.25) is 0 Å². The number of rotatable bonds is 4. The zero-order chi connectivity index (χ0) is 15.3. The molecule has 0 unspecified atom stereocenters. The fourth-order valence-electron chi connectivity index (χ4n) is 2.16. The van der Waals surface area contributed by atoms with Crippen molar-refractivity contribution in [1.29, 1.82) is 0 Å². The first-order valence-corrected chi connectivity index (χ1v) is 7.85. The molecule has 0 aromatic heterocycles. The predicted molar refractivity (Wildman–Crippen MR) is 93.6 cm³/mol. The SMILES string of the molecule is CCc1cc(C)cc(CC)c1NC(=S)NCC(C)(C)C. The molecule has 0 radical (unpaired) electrons. The highest BCUT2D eigenvalue weighted by atomic mass is 32.1. The van der Waals surface area contributed by atoms with Gasteiger partial charge in [0.25, 0.3) is 0 Å². The average Bonchev–Trinajstić information content (AvgIpc) is 2.37. The van der Waals surface area contributed by atoms with Crippen LogP contribution in [0.2, 0.25) is 0 Å². The highest BCUT2D eigenvalue weighted by Gasteiger charge is 2.12. The van der Waals surface area contributed by atoms with E-state index in [2.05, 4.69) is 64.3 Å². The van der Waals surface area contributed by atoms with Crippen LogP contribution >= 0.6 is 12.2 Å². The van der Waals surface area contributed by atoms with Crippen molar-refractivity contribution in [2.45, 2.75) is 54.4 Å². The molecule has 0 bridgehead atoms. The maximum atomic E-state index is 5.43. The van der Waals surface area contributed by atoms with Gasteiger partial charge in [-0.25, -0.2) is 0 Å². The summed E-state index contributed by atoms with van der Waals surface area (Å²) in [6.07, 6.45) is 2.03. The van der Waals surface area contributed by atoms with E-state index >= 15 is 0 Å². The third kappa shape index (κ3) is 5.12. The van der Waals surface area contributed by atoms with Crippen LogP contribution in [0.4, 0.5) is 5.69 Å². The first-order valence-electron chi connectivity index (χ1n) is 7.44. The molecule has 0 amide bonds. The molecule has 0 aliphatic heterocycles. The van der Waals surface area contributed by atoms with Gasteiger partial charge >= 0.3 is 0 Å². The molecule has 3 heteroatoms. The van der Waals surface area contributed by atoms with Crippen LogP contribution in [0.15, 0.2) is 12.1 Å². The molecule has 1 aromatic carbocycles. The van der Waals surface area contributed by atoms with Gasteiger partial charge in [-0.3, -0.25) is 0 Å². The van der Waals surface area contributed by atoms with Crippen molar-refractivity contribution in [2.24, 2.45) is 5.41 Å². The van der Waals surface area contributed by atoms with Crippen LogP contribution in [0, 0.1) is 12.3 Å². The maximum Gasteiger partial charge on any atom is 0.170 e. The molecule has 20 heavy (non-hydrogen) atoms. The van der Waals surface area contributed by atoms with E-state index in [4.69, 9.17) is 12.2 Å². The Morgan fingerprint density at radius 2 is 1.60 bits per heavy atom. The lowest BCUT2D eigenvalue weighted by molar-refractivity contribution is 0.409. The van der Waals surface area contributed by atoms with E-state index < -0.39 is 0 Å². The lowest BCUT2D eigenvalue weighted by Gasteiger charge is -2.22. The quantitative estimate of drug-likeness (QED) is 0.802. The summed E-state index contributed by atoms with van der Waals surface area (Å²) >= 11 is 5.43. The Kier molecular flexibility index (Phi) is 6.00. The highest BCUT2D eigenvalue weighted by molar-refractivity contribution is 7.80.